The number of nitrogens with two attached hydrogens (primary N) is 1. The second-order valence-corrected chi connectivity index (χ2v) is 5.46. The van der Waals surface area contributed by atoms with E-state index >= 15 is 0 Å². The summed E-state index contributed by atoms with van der Waals surface area (Å²) >= 11 is 0. The van der Waals surface area contributed by atoms with E-state index in [2.05, 4.69) is 17.9 Å². The fourth-order valence-corrected chi connectivity index (χ4v) is 2.71. The molecule has 4 heteroatoms. The number of anilines is 1. The van der Waals surface area contributed by atoms with Crippen molar-refractivity contribution in [2.45, 2.75) is 32.4 Å². The first kappa shape index (κ1) is 14.2. The van der Waals surface area contributed by atoms with Gasteiger partial charge in [-0.05, 0) is 31.4 Å². The molecule has 0 spiro atoms. The first-order valence-electron chi connectivity index (χ1n) is 6.90. The fraction of sp³-hybridized carbons (Fsp3) is 0.600. The normalized spacial score (nSPS) is 25.2. The van der Waals surface area contributed by atoms with Gasteiger partial charge >= 0.3 is 0 Å². The van der Waals surface area contributed by atoms with Crippen LogP contribution < -0.4 is 15.4 Å². The van der Waals surface area contributed by atoms with E-state index in [9.17, 15) is 5.11 Å². The van der Waals surface area contributed by atoms with Gasteiger partial charge in [-0.3, -0.25) is 0 Å². The molecule has 3 atom stereocenters. The highest BCUT2D eigenvalue weighted by Gasteiger charge is 2.27. The molecule has 0 saturated carbocycles. The quantitative estimate of drug-likeness (QED) is 0.875. The van der Waals surface area contributed by atoms with Crippen LogP contribution >= 0.6 is 0 Å². The molecule has 0 aliphatic carbocycles. The standard InChI is InChI=1S/C15H24N2O2/c1-10-7-8-17(9-13(10)18)12-5-4-6-14(19-3)15(12)11(2)16/h4-6,10-11,13,18H,7-9,16H2,1-3H3. The van der Waals surface area contributed by atoms with Crippen molar-refractivity contribution in [3.8, 4) is 5.75 Å². The third-order valence-corrected chi connectivity index (χ3v) is 3.98. The highest BCUT2D eigenvalue weighted by Crippen LogP contribution is 2.35. The van der Waals surface area contributed by atoms with Crippen LogP contribution in [-0.4, -0.2) is 31.4 Å². The Labute approximate surface area is 115 Å². The molecule has 3 unspecified atom stereocenters. The molecule has 1 saturated heterocycles. The summed E-state index contributed by atoms with van der Waals surface area (Å²) in [6.07, 6.45) is 0.720. The van der Waals surface area contributed by atoms with E-state index in [1.807, 2.05) is 19.1 Å². The Morgan fingerprint density at radius 1 is 1.47 bits per heavy atom. The predicted molar refractivity (Wildman–Crippen MR) is 77.6 cm³/mol. The Morgan fingerprint density at radius 3 is 2.79 bits per heavy atom. The number of β-amino-alcohol motifs (C(OH)–C–C–N with tert-alkyl or cyclic N) is 1. The molecule has 1 aromatic rings. The number of hydrogen-bond acceptors (Lipinski definition) is 4. The number of aliphatic hydroxyl groups is 1. The van der Waals surface area contributed by atoms with Gasteiger partial charge in [0, 0.05) is 30.4 Å². The third-order valence-electron chi connectivity index (χ3n) is 3.98. The van der Waals surface area contributed by atoms with Gasteiger partial charge in [-0.15, -0.1) is 0 Å². The maximum atomic E-state index is 10.1. The van der Waals surface area contributed by atoms with Crippen molar-refractivity contribution in [1.29, 1.82) is 0 Å². The lowest BCUT2D eigenvalue weighted by Gasteiger charge is -2.37. The Kier molecular flexibility index (Phi) is 4.32. The third kappa shape index (κ3) is 2.85. The van der Waals surface area contributed by atoms with Crippen molar-refractivity contribution in [1.82, 2.24) is 0 Å². The average molecular weight is 264 g/mol. The van der Waals surface area contributed by atoms with Crippen molar-refractivity contribution in [2.75, 3.05) is 25.1 Å². The SMILES string of the molecule is COc1cccc(N2CCC(C)C(O)C2)c1C(C)N. The first-order valence-corrected chi connectivity index (χ1v) is 6.90. The van der Waals surface area contributed by atoms with Gasteiger partial charge in [0.15, 0.2) is 0 Å². The molecule has 106 valence electrons. The Hall–Kier alpha value is -1.26. The second-order valence-electron chi connectivity index (χ2n) is 5.46. The molecule has 0 radical (unpaired) electrons. The van der Waals surface area contributed by atoms with E-state index in [4.69, 9.17) is 10.5 Å². The monoisotopic (exact) mass is 264 g/mol. The molecular weight excluding hydrogens is 240 g/mol. The maximum Gasteiger partial charge on any atom is 0.125 e. The minimum atomic E-state index is -0.277. The molecule has 19 heavy (non-hydrogen) atoms. The number of piperidine rings is 1. The van der Waals surface area contributed by atoms with Crippen LogP contribution in [0.5, 0.6) is 5.75 Å². The highest BCUT2D eigenvalue weighted by atomic mass is 16.5. The first-order chi connectivity index (χ1) is 9.04. The Bertz CT molecular complexity index is 434. The summed E-state index contributed by atoms with van der Waals surface area (Å²) in [6.45, 7) is 5.67. The molecule has 0 aromatic heterocycles. The predicted octanol–water partition coefficient (Wildman–Crippen LogP) is 1.92. The lowest BCUT2D eigenvalue weighted by molar-refractivity contribution is 0.103. The van der Waals surface area contributed by atoms with Gasteiger partial charge in [0.05, 0.1) is 13.2 Å². The number of nitrogens with zero attached hydrogens (tertiary/aromatic N) is 1. The second kappa shape index (κ2) is 5.80. The zero-order valence-corrected chi connectivity index (χ0v) is 12.0. The van der Waals surface area contributed by atoms with Crippen molar-refractivity contribution in [3.63, 3.8) is 0 Å². The smallest absolute Gasteiger partial charge is 0.125 e. The van der Waals surface area contributed by atoms with Crippen LogP contribution in [0.2, 0.25) is 0 Å². The highest BCUT2D eigenvalue weighted by molar-refractivity contribution is 5.61. The van der Waals surface area contributed by atoms with E-state index in [1.165, 1.54) is 0 Å². The fourth-order valence-electron chi connectivity index (χ4n) is 2.71. The van der Waals surface area contributed by atoms with Crippen LogP contribution in [0, 0.1) is 5.92 Å². The molecule has 1 aliphatic rings. The summed E-state index contributed by atoms with van der Waals surface area (Å²) in [4.78, 5) is 2.21. The molecule has 0 amide bonds. The zero-order valence-electron chi connectivity index (χ0n) is 12.0. The number of aliphatic hydroxyl groups excluding tert-OH is 1. The largest absolute Gasteiger partial charge is 0.496 e. The number of ether oxygens (including phenoxy) is 1. The van der Waals surface area contributed by atoms with Crippen LogP contribution in [0.25, 0.3) is 0 Å². The summed E-state index contributed by atoms with van der Waals surface area (Å²) in [5.74, 6) is 1.18. The molecular formula is C15H24N2O2. The topological polar surface area (TPSA) is 58.7 Å². The van der Waals surface area contributed by atoms with Crippen molar-refractivity contribution in [3.05, 3.63) is 23.8 Å². The summed E-state index contributed by atoms with van der Waals surface area (Å²) in [5.41, 5.74) is 8.19. The molecule has 3 N–H and O–H groups in total. The molecule has 1 fully saturated rings. The lowest BCUT2D eigenvalue weighted by atomic mass is 9.94. The van der Waals surface area contributed by atoms with Crippen LogP contribution in [-0.2, 0) is 0 Å². The summed E-state index contributed by atoms with van der Waals surface area (Å²) < 4.78 is 5.42. The molecule has 1 aromatic carbocycles. The van der Waals surface area contributed by atoms with Gasteiger partial charge < -0.3 is 20.5 Å². The lowest BCUT2D eigenvalue weighted by Crippen LogP contribution is -2.43. The number of benzene rings is 1. The van der Waals surface area contributed by atoms with Gasteiger partial charge in [-0.25, -0.2) is 0 Å². The van der Waals surface area contributed by atoms with Gasteiger partial charge in [-0.1, -0.05) is 13.0 Å². The van der Waals surface area contributed by atoms with Gasteiger partial charge in [0.1, 0.15) is 5.75 Å². The van der Waals surface area contributed by atoms with E-state index in [0.717, 1.165) is 30.0 Å². The van der Waals surface area contributed by atoms with Crippen molar-refractivity contribution in [2.24, 2.45) is 11.7 Å². The summed E-state index contributed by atoms with van der Waals surface area (Å²) in [6, 6.07) is 5.88. The minimum absolute atomic E-state index is 0.0948. The van der Waals surface area contributed by atoms with Crippen LogP contribution in [0.4, 0.5) is 5.69 Å². The zero-order chi connectivity index (χ0) is 14.0. The molecule has 1 heterocycles. The van der Waals surface area contributed by atoms with E-state index < -0.39 is 0 Å². The van der Waals surface area contributed by atoms with E-state index in [0.29, 0.717) is 12.5 Å². The molecule has 0 bridgehead atoms. The molecule has 4 nitrogen and oxygen atoms in total. The van der Waals surface area contributed by atoms with Gasteiger partial charge in [0.25, 0.3) is 0 Å². The van der Waals surface area contributed by atoms with Crippen molar-refractivity contribution >= 4 is 5.69 Å². The van der Waals surface area contributed by atoms with E-state index in [1.54, 1.807) is 7.11 Å². The number of rotatable bonds is 3. The summed E-state index contributed by atoms with van der Waals surface area (Å²) in [5, 5.41) is 10.1. The van der Waals surface area contributed by atoms with Crippen LogP contribution in [0.1, 0.15) is 31.9 Å². The molecule has 2 rings (SSSR count). The Balaban J connectivity index is 2.34. The average Bonchev–Trinajstić information content (AvgIpc) is 2.40. The Morgan fingerprint density at radius 2 is 2.21 bits per heavy atom. The minimum Gasteiger partial charge on any atom is -0.496 e. The summed E-state index contributed by atoms with van der Waals surface area (Å²) in [7, 11) is 1.66. The van der Waals surface area contributed by atoms with Gasteiger partial charge in [-0.2, -0.15) is 0 Å². The van der Waals surface area contributed by atoms with Crippen molar-refractivity contribution < 1.29 is 9.84 Å². The maximum absolute atomic E-state index is 10.1. The molecule has 1 aliphatic heterocycles. The van der Waals surface area contributed by atoms with Crippen LogP contribution in [0.15, 0.2) is 18.2 Å². The van der Waals surface area contributed by atoms with E-state index in [-0.39, 0.29) is 12.1 Å². The van der Waals surface area contributed by atoms with Crippen LogP contribution in [0.3, 0.4) is 0 Å². The number of hydrogen-bond donors (Lipinski definition) is 2. The van der Waals surface area contributed by atoms with Gasteiger partial charge in [0.2, 0.25) is 0 Å². The number of methoxy groups -OCH3 is 1.